The zero-order valence-electron chi connectivity index (χ0n) is 9.17. The molecule has 0 spiro atoms. The highest BCUT2D eigenvalue weighted by Gasteiger charge is 2.17. The topological polar surface area (TPSA) is 12.0 Å². The number of hydrogen-bond acceptors (Lipinski definition) is 1. The lowest BCUT2D eigenvalue weighted by molar-refractivity contribution is 0.461. The summed E-state index contributed by atoms with van der Waals surface area (Å²) in [7, 11) is 0. The Morgan fingerprint density at radius 1 is 1.20 bits per heavy atom. The highest BCUT2D eigenvalue weighted by Crippen LogP contribution is 2.22. The van der Waals surface area contributed by atoms with Gasteiger partial charge in [-0.3, -0.25) is 0 Å². The van der Waals surface area contributed by atoms with Gasteiger partial charge in [-0.2, -0.15) is 0 Å². The van der Waals surface area contributed by atoms with E-state index in [0.29, 0.717) is 6.04 Å². The maximum Gasteiger partial charge on any atom is 0.0406 e. The highest BCUT2D eigenvalue weighted by molar-refractivity contribution is 6.30. The second kappa shape index (κ2) is 5.00. The largest absolute Gasteiger partial charge is 0.307 e. The summed E-state index contributed by atoms with van der Waals surface area (Å²) in [5.74, 6) is 0. The SMILES string of the molecule is CC(NC1CCCC1)c1ccc(Cl)cc1. The number of benzene rings is 1. The molecule has 0 saturated heterocycles. The molecule has 1 atom stereocenters. The van der Waals surface area contributed by atoms with E-state index in [1.165, 1.54) is 31.2 Å². The number of halogens is 1. The number of nitrogens with one attached hydrogen (secondary N) is 1. The van der Waals surface area contributed by atoms with E-state index >= 15 is 0 Å². The molecule has 2 rings (SSSR count). The molecule has 0 bridgehead atoms. The third kappa shape index (κ3) is 2.96. The van der Waals surface area contributed by atoms with Crippen LogP contribution in [0.15, 0.2) is 24.3 Å². The quantitative estimate of drug-likeness (QED) is 0.819. The van der Waals surface area contributed by atoms with Crippen molar-refractivity contribution in [1.29, 1.82) is 0 Å². The van der Waals surface area contributed by atoms with Crippen molar-refractivity contribution in [2.24, 2.45) is 0 Å². The Kier molecular flexibility index (Phi) is 3.66. The molecule has 0 aliphatic heterocycles. The van der Waals surface area contributed by atoms with Gasteiger partial charge in [0.2, 0.25) is 0 Å². The van der Waals surface area contributed by atoms with E-state index in [1.807, 2.05) is 12.1 Å². The summed E-state index contributed by atoms with van der Waals surface area (Å²) in [6.07, 6.45) is 5.42. The summed E-state index contributed by atoms with van der Waals surface area (Å²) in [6.45, 7) is 2.22. The fourth-order valence-electron chi connectivity index (χ4n) is 2.29. The van der Waals surface area contributed by atoms with Gasteiger partial charge in [-0.15, -0.1) is 0 Å². The van der Waals surface area contributed by atoms with Crippen LogP contribution in [0.3, 0.4) is 0 Å². The van der Waals surface area contributed by atoms with Gasteiger partial charge in [0.1, 0.15) is 0 Å². The average Bonchev–Trinajstić information content (AvgIpc) is 2.71. The smallest absolute Gasteiger partial charge is 0.0406 e. The second-order valence-corrected chi connectivity index (χ2v) is 4.86. The predicted molar refractivity (Wildman–Crippen MR) is 65.3 cm³/mol. The molecule has 1 saturated carbocycles. The van der Waals surface area contributed by atoms with Crippen LogP contribution in [0, 0.1) is 0 Å². The minimum absolute atomic E-state index is 0.436. The second-order valence-electron chi connectivity index (χ2n) is 4.42. The Hall–Kier alpha value is -0.530. The predicted octanol–water partition coefficient (Wildman–Crippen LogP) is 3.93. The third-order valence-corrected chi connectivity index (χ3v) is 3.46. The molecule has 1 unspecified atom stereocenters. The van der Waals surface area contributed by atoms with Crippen LogP contribution >= 0.6 is 11.6 Å². The highest BCUT2D eigenvalue weighted by atomic mass is 35.5. The van der Waals surface area contributed by atoms with Crippen LogP contribution in [0.2, 0.25) is 5.02 Å². The molecule has 1 fully saturated rings. The van der Waals surface area contributed by atoms with Crippen molar-refractivity contribution >= 4 is 11.6 Å². The summed E-state index contributed by atoms with van der Waals surface area (Å²) in [6, 6.07) is 9.29. The molecule has 15 heavy (non-hydrogen) atoms. The van der Waals surface area contributed by atoms with E-state index in [1.54, 1.807) is 0 Å². The summed E-state index contributed by atoms with van der Waals surface area (Å²) in [5, 5.41) is 4.48. The average molecular weight is 224 g/mol. The molecule has 1 aliphatic rings. The first-order valence-electron chi connectivity index (χ1n) is 5.77. The Balaban J connectivity index is 1.94. The van der Waals surface area contributed by atoms with Crippen LogP contribution in [0.25, 0.3) is 0 Å². The first-order chi connectivity index (χ1) is 7.25. The zero-order valence-corrected chi connectivity index (χ0v) is 9.93. The molecule has 2 heteroatoms. The van der Waals surface area contributed by atoms with Gasteiger partial charge < -0.3 is 5.32 Å². The fraction of sp³-hybridized carbons (Fsp3) is 0.538. The van der Waals surface area contributed by atoms with Crippen LogP contribution in [-0.2, 0) is 0 Å². The van der Waals surface area contributed by atoms with E-state index < -0.39 is 0 Å². The molecule has 1 aromatic rings. The van der Waals surface area contributed by atoms with Crippen molar-refractivity contribution in [2.75, 3.05) is 0 Å². The first kappa shape index (κ1) is 11.0. The van der Waals surface area contributed by atoms with Gasteiger partial charge in [-0.05, 0) is 37.5 Å². The van der Waals surface area contributed by atoms with Crippen LogP contribution in [-0.4, -0.2) is 6.04 Å². The van der Waals surface area contributed by atoms with E-state index in [4.69, 9.17) is 11.6 Å². The van der Waals surface area contributed by atoms with Crippen LogP contribution < -0.4 is 5.32 Å². The van der Waals surface area contributed by atoms with Crippen LogP contribution in [0.4, 0.5) is 0 Å². The van der Waals surface area contributed by atoms with E-state index in [9.17, 15) is 0 Å². The Labute approximate surface area is 96.8 Å². The molecular weight excluding hydrogens is 206 g/mol. The third-order valence-electron chi connectivity index (χ3n) is 3.21. The van der Waals surface area contributed by atoms with Crippen molar-refractivity contribution in [3.8, 4) is 0 Å². The van der Waals surface area contributed by atoms with Crippen molar-refractivity contribution < 1.29 is 0 Å². The monoisotopic (exact) mass is 223 g/mol. The summed E-state index contributed by atoms with van der Waals surface area (Å²) in [4.78, 5) is 0. The summed E-state index contributed by atoms with van der Waals surface area (Å²) in [5.41, 5.74) is 1.33. The fourth-order valence-corrected chi connectivity index (χ4v) is 2.42. The molecule has 0 aromatic heterocycles. The lowest BCUT2D eigenvalue weighted by atomic mass is 10.1. The van der Waals surface area contributed by atoms with E-state index in [0.717, 1.165) is 11.1 Å². The lowest BCUT2D eigenvalue weighted by Gasteiger charge is -2.19. The van der Waals surface area contributed by atoms with Gasteiger partial charge in [0, 0.05) is 17.1 Å². The van der Waals surface area contributed by atoms with Gasteiger partial charge in [-0.25, -0.2) is 0 Å². The summed E-state index contributed by atoms with van der Waals surface area (Å²) < 4.78 is 0. The molecule has 1 aromatic carbocycles. The summed E-state index contributed by atoms with van der Waals surface area (Å²) >= 11 is 5.87. The van der Waals surface area contributed by atoms with Gasteiger partial charge in [0.15, 0.2) is 0 Å². The zero-order chi connectivity index (χ0) is 10.7. The Morgan fingerprint density at radius 2 is 1.80 bits per heavy atom. The molecule has 1 aliphatic carbocycles. The maximum atomic E-state index is 5.87. The minimum atomic E-state index is 0.436. The number of rotatable bonds is 3. The van der Waals surface area contributed by atoms with Gasteiger partial charge in [0.05, 0.1) is 0 Å². The van der Waals surface area contributed by atoms with Gasteiger partial charge in [0.25, 0.3) is 0 Å². The molecule has 0 heterocycles. The Morgan fingerprint density at radius 3 is 2.40 bits per heavy atom. The van der Waals surface area contributed by atoms with Gasteiger partial charge in [-0.1, -0.05) is 36.6 Å². The van der Waals surface area contributed by atoms with E-state index in [2.05, 4.69) is 24.4 Å². The van der Waals surface area contributed by atoms with E-state index in [-0.39, 0.29) is 0 Å². The molecule has 1 nitrogen and oxygen atoms in total. The van der Waals surface area contributed by atoms with Crippen molar-refractivity contribution in [1.82, 2.24) is 5.32 Å². The number of hydrogen-bond donors (Lipinski definition) is 1. The van der Waals surface area contributed by atoms with Crippen molar-refractivity contribution in [3.63, 3.8) is 0 Å². The molecular formula is C13H18ClN. The molecule has 0 amide bonds. The molecule has 82 valence electrons. The lowest BCUT2D eigenvalue weighted by Crippen LogP contribution is -2.28. The van der Waals surface area contributed by atoms with Gasteiger partial charge >= 0.3 is 0 Å². The Bertz CT molecular complexity index is 301. The standard InChI is InChI=1S/C13H18ClN/c1-10(15-13-4-2-3-5-13)11-6-8-12(14)9-7-11/h6-10,13,15H,2-5H2,1H3. The normalized spacial score (nSPS) is 19.3. The molecule has 1 N–H and O–H groups in total. The first-order valence-corrected chi connectivity index (χ1v) is 6.15. The van der Waals surface area contributed by atoms with Crippen molar-refractivity contribution in [2.45, 2.75) is 44.7 Å². The van der Waals surface area contributed by atoms with Crippen LogP contribution in [0.5, 0.6) is 0 Å². The molecule has 0 radical (unpaired) electrons. The van der Waals surface area contributed by atoms with Crippen LogP contribution in [0.1, 0.15) is 44.2 Å². The maximum absolute atomic E-state index is 5.87. The minimum Gasteiger partial charge on any atom is -0.307 e. The van der Waals surface area contributed by atoms with Crippen molar-refractivity contribution in [3.05, 3.63) is 34.9 Å².